The number of carbonyl (C=O) groups excluding carboxylic acids is 1. The summed E-state index contributed by atoms with van der Waals surface area (Å²) in [6, 6.07) is 10.6. The highest BCUT2D eigenvalue weighted by molar-refractivity contribution is 6.00. The Balaban J connectivity index is 1.98. The van der Waals surface area contributed by atoms with Crippen LogP contribution in [0.4, 0.5) is 0 Å². The van der Waals surface area contributed by atoms with Crippen molar-refractivity contribution >= 4 is 5.91 Å². The van der Waals surface area contributed by atoms with Crippen LogP contribution < -0.4 is 19.5 Å². The van der Waals surface area contributed by atoms with Crippen LogP contribution in [0.25, 0.3) is 22.8 Å². The number of carbonyl (C=O) groups is 1. The van der Waals surface area contributed by atoms with Gasteiger partial charge in [-0.05, 0) is 30.2 Å². The molecule has 0 saturated carbocycles. The standard InChI is InChI=1S/C22H25N3O5/c1-13(2)12-23-21(26)15-8-6-7-9-16(15)22-24-20(25-30-22)14-10-17(27-3)19(29-5)18(11-14)28-4/h6-11,13H,12H2,1-5H3,(H,23,26). The number of nitrogens with one attached hydrogen (secondary N) is 1. The van der Waals surface area contributed by atoms with Crippen LogP contribution in [0.15, 0.2) is 40.9 Å². The molecule has 8 nitrogen and oxygen atoms in total. The molecule has 0 spiro atoms. The van der Waals surface area contributed by atoms with Gasteiger partial charge in [0, 0.05) is 12.1 Å². The summed E-state index contributed by atoms with van der Waals surface area (Å²) < 4.78 is 21.6. The molecule has 0 fully saturated rings. The van der Waals surface area contributed by atoms with E-state index in [1.54, 1.807) is 30.3 Å². The van der Waals surface area contributed by atoms with E-state index in [-0.39, 0.29) is 11.8 Å². The Morgan fingerprint density at radius 2 is 1.73 bits per heavy atom. The lowest BCUT2D eigenvalue weighted by Gasteiger charge is -2.12. The summed E-state index contributed by atoms with van der Waals surface area (Å²) in [4.78, 5) is 17.1. The van der Waals surface area contributed by atoms with Gasteiger partial charge in [0.2, 0.25) is 11.6 Å². The van der Waals surface area contributed by atoms with Crippen LogP contribution in [-0.2, 0) is 0 Å². The van der Waals surface area contributed by atoms with Crippen LogP contribution in [0.5, 0.6) is 17.2 Å². The van der Waals surface area contributed by atoms with Crippen molar-refractivity contribution in [3.8, 4) is 40.1 Å². The number of rotatable bonds is 8. The highest BCUT2D eigenvalue weighted by Crippen LogP contribution is 2.40. The van der Waals surface area contributed by atoms with Crippen molar-refractivity contribution in [2.75, 3.05) is 27.9 Å². The molecular formula is C22H25N3O5. The van der Waals surface area contributed by atoms with Gasteiger partial charge in [0.05, 0.1) is 32.5 Å². The number of nitrogens with zero attached hydrogens (tertiary/aromatic N) is 2. The highest BCUT2D eigenvalue weighted by atomic mass is 16.5. The average molecular weight is 411 g/mol. The Bertz CT molecular complexity index is 1000. The third-order valence-corrected chi connectivity index (χ3v) is 4.42. The number of amides is 1. The first-order chi connectivity index (χ1) is 14.5. The van der Waals surface area contributed by atoms with Crippen molar-refractivity contribution in [2.24, 2.45) is 5.92 Å². The van der Waals surface area contributed by atoms with Crippen molar-refractivity contribution in [1.82, 2.24) is 15.5 Å². The largest absolute Gasteiger partial charge is 0.493 e. The molecular weight excluding hydrogens is 386 g/mol. The van der Waals surface area contributed by atoms with Crippen molar-refractivity contribution in [2.45, 2.75) is 13.8 Å². The number of hydrogen-bond donors (Lipinski definition) is 1. The fraction of sp³-hybridized carbons (Fsp3) is 0.318. The fourth-order valence-corrected chi connectivity index (χ4v) is 2.92. The lowest BCUT2D eigenvalue weighted by Crippen LogP contribution is -2.27. The smallest absolute Gasteiger partial charge is 0.259 e. The minimum absolute atomic E-state index is 0.188. The molecule has 3 aromatic rings. The average Bonchev–Trinajstić information content (AvgIpc) is 3.26. The Morgan fingerprint density at radius 1 is 1.07 bits per heavy atom. The summed E-state index contributed by atoms with van der Waals surface area (Å²) in [5.74, 6) is 2.16. The first kappa shape index (κ1) is 21.2. The maximum Gasteiger partial charge on any atom is 0.259 e. The minimum atomic E-state index is -0.188. The van der Waals surface area contributed by atoms with Gasteiger partial charge >= 0.3 is 0 Å². The van der Waals surface area contributed by atoms with Gasteiger partial charge in [0.1, 0.15) is 0 Å². The van der Waals surface area contributed by atoms with Crippen LogP contribution in [0.3, 0.4) is 0 Å². The number of aromatic nitrogens is 2. The zero-order valence-corrected chi connectivity index (χ0v) is 17.7. The van der Waals surface area contributed by atoms with Crippen molar-refractivity contribution in [3.05, 3.63) is 42.0 Å². The second-order valence-corrected chi connectivity index (χ2v) is 6.99. The van der Waals surface area contributed by atoms with Gasteiger partial charge in [-0.2, -0.15) is 4.98 Å². The summed E-state index contributed by atoms with van der Waals surface area (Å²) in [5.41, 5.74) is 1.66. The minimum Gasteiger partial charge on any atom is -0.493 e. The first-order valence-electron chi connectivity index (χ1n) is 9.50. The molecule has 1 heterocycles. The molecule has 1 aromatic heterocycles. The van der Waals surface area contributed by atoms with Crippen LogP contribution in [-0.4, -0.2) is 43.9 Å². The Labute approximate surface area is 175 Å². The molecule has 0 bridgehead atoms. The second-order valence-electron chi connectivity index (χ2n) is 6.99. The lowest BCUT2D eigenvalue weighted by molar-refractivity contribution is 0.0949. The normalized spacial score (nSPS) is 10.7. The molecule has 30 heavy (non-hydrogen) atoms. The molecule has 1 amide bonds. The van der Waals surface area contributed by atoms with E-state index in [1.165, 1.54) is 21.3 Å². The zero-order chi connectivity index (χ0) is 21.7. The van der Waals surface area contributed by atoms with Gasteiger partial charge in [-0.3, -0.25) is 4.79 Å². The third-order valence-electron chi connectivity index (χ3n) is 4.42. The molecule has 3 rings (SSSR count). The van der Waals surface area contributed by atoms with Gasteiger partial charge in [-0.1, -0.05) is 31.1 Å². The first-order valence-corrected chi connectivity index (χ1v) is 9.50. The van der Waals surface area contributed by atoms with E-state index in [0.29, 0.717) is 52.2 Å². The summed E-state index contributed by atoms with van der Waals surface area (Å²) in [7, 11) is 4.61. The Morgan fingerprint density at radius 3 is 2.33 bits per heavy atom. The molecule has 0 aliphatic heterocycles. The van der Waals surface area contributed by atoms with Gasteiger partial charge in [0.15, 0.2) is 11.5 Å². The van der Waals surface area contributed by atoms with E-state index in [2.05, 4.69) is 15.5 Å². The second kappa shape index (κ2) is 9.30. The topological polar surface area (TPSA) is 95.7 Å². The van der Waals surface area contributed by atoms with Gasteiger partial charge in [-0.15, -0.1) is 0 Å². The number of ether oxygens (including phenoxy) is 3. The van der Waals surface area contributed by atoms with E-state index in [9.17, 15) is 4.79 Å². The van der Waals surface area contributed by atoms with E-state index < -0.39 is 0 Å². The van der Waals surface area contributed by atoms with Crippen LogP contribution in [0, 0.1) is 5.92 Å². The van der Waals surface area contributed by atoms with Gasteiger partial charge in [-0.25, -0.2) is 0 Å². The highest BCUT2D eigenvalue weighted by Gasteiger charge is 2.20. The molecule has 0 aliphatic rings. The van der Waals surface area contributed by atoms with E-state index in [4.69, 9.17) is 18.7 Å². The van der Waals surface area contributed by atoms with Crippen LogP contribution in [0.1, 0.15) is 24.2 Å². The Kier molecular flexibility index (Phi) is 6.56. The summed E-state index contributed by atoms with van der Waals surface area (Å²) >= 11 is 0. The fourth-order valence-electron chi connectivity index (χ4n) is 2.92. The predicted molar refractivity (Wildman–Crippen MR) is 112 cm³/mol. The van der Waals surface area contributed by atoms with Gasteiger partial charge < -0.3 is 24.1 Å². The maximum atomic E-state index is 12.6. The summed E-state index contributed by atoms with van der Waals surface area (Å²) in [5, 5.41) is 6.99. The van der Waals surface area contributed by atoms with Crippen molar-refractivity contribution in [3.63, 3.8) is 0 Å². The number of hydrogen-bond acceptors (Lipinski definition) is 7. The molecule has 2 aromatic carbocycles. The molecule has 1 N–H and O–H groups in total. The lowest BCUT2D eigenvalue weighted by atomic mass is 10.1. The van der Waals surface area contributed by atoms with Crippen molar-refractivity contribution in [1.29, 1.82) is 0 Å². The molecule has 0 aliphatic carbocycles. The molecule has 0 atom stereocenters. The van der Waals surface area contributed by atoms with E-state index in [1.807, 2.05) is 19.9 Å². The SMILES string of the molecule is COc1cc(-c2noc(-c3ccccc3C(=O)NCC(C)C)n2)cc(OC)c1OC. The van der Waals surface area contributed by atoms with E-state index >= 15 is 0 Å². The summed E-state index contributed by atoms with van der Waals surface area (Å²) in [6.45, 7) is 4.65. The Hall–Kier alpha value is -3.55. The number of methoxy groups -OCH3 is 3. The molecule has 8 heteroatoms. The number of benzene rings is 2. The third kappa shape index (κ3) is 4.37. The zero-order valence-electron chi connectivity index (χ0n) is 17.7. The monoisotopic (exact) mass is 411 g/mol. The van der Waals surface area contributed by atoms with Crippen LogP contribution in [0.2, 0.25) is 0 Å². The van der Waals surface area contributed by atoms with Gasteiger partial charge in [0.25, 0.3) is 11.8 Å². The molecule has 0 saturated heterocycles. The molecule has 158 valence electrons. The van der Waals surface area contributed by atoms with Crippen molar-refractivity contribution < 1.29 is 23.5 Å². The molecule has 0 radical (unpaired) electrons. The van der Waals surface area contributed by atoms with Crippen LogP contribution >= 0.6 is 0 Å². The van der Waals surface area contributed by atoms with E-state index in [0.717, 1.165) is 0 Å². The summed E-state index contributed by atoms with van der Waals surface area (Å²) in [6.07, 6.45) is 0. The molecule has 0 unspecified atom stereocenters. The predicted octanol–water partition coefficient (Wildman–Crippen LogP) is 3.82. The maximum absolute atomic E-state index is 12.6. The quantitative estimate of drug-likeness (QED) is 0.602.